The van der Waals surface area contributed by atoms with E-state index in [9.17, 15) is 22.8 Å². The van der Waals surface area contributed by atoms with Gasteiger partial charge in [-0.2, -0.15) is 13.2 Å². The Balaban J connectivity index is 1.74. The minimum atomic E-state index is -4.71. The number of hydrogen-bond donors (Lipinski definition) is 1. The van der Waals surface area contributed by atoms with E-state index in [0.29, 0.717) is 31.3 Å². The summed E-state index contributed by atoms with van der Waals surface area (Å²) < 4.78 is 39.0. The van der Waals surface area contributed by atoms with E-state index in [0.717, 1.165) is 10.7 Å². The van der Waals surface area contributed by atoms with Gasteiger partial charge in [0.2, 0.25) is 5.91 Å². The lowest BCUT2D eigenvalue weighted by Gasteiger charge is -2.32. The highest BCUT2D eigenvalue weighted by Gasteiger charge is 2.35. The van der Waals surface area contributed by atoms with Crippen LogP contribution in [0.5, 0.6) is 0 Å². The number of alkyl halides is 3. The quantitative estimate of drug-likeness (QED) is 0.791. The number of aromatic nitrogens is 2. The van der Waals surface area contributed by atoms with Crippen LogP contribution in [0.15, 0.2) is 41.1 Å². The topological polar surface area (TPSA) is 75.2 Å². The monoisotopic (exact) mass is 442 g/mol. The Morgan fingerprint density at radius 2 is 1.93 bits per heavy atom. The lowest BCUT2D eigenvalue weighted by atomic mass is 10.0. The highest BCUT2D eigenvalue weighted by molar-refractivity contribution is 9.10. The molecule has 1 N–H and O–H groups in total. The average molecular weight is 443 g/mol. The predicted octanol–water partition coefficient (Wildman–Crippen LogP) is 3.18. The van der Waals surface area contributed by atoms with Crippen LogP contribution >= 0.6 is 15.9 Å². The first-order valence-electron chi connectivity index (χ1n) is 8.03. The fourth-order valence-corrected chi connectivity index (χ4v) is 3.00. The van der Waals surface area contributed by atoms with Crippen LogP contribution in [0.25, 0.3) is 0 Å². The summed E-state index contributed by atoms with van der Waals surface area (Å²) in [4.78, 5) is 33.2. The van der Waals surface area contributed by atoms with Crippen molar-refractivity contribution in [2.75, 3.05) is 11.4 Å². The molecule has 0 spiro atoms. The van der Waals surface area contributed by atoms with E-state index in [4.69, 9.17) is 0 Å². The Kier molecular flexibility index (Phi) is 5.45. The highest BCUT2D eigenvalue weighted by Crippen LogP contribution is 2.27. The summed E-state index contributed by atoms with van der Waals surface area (Å²) in [5, 5.41) is 2.47. The van der Waals surface area contributed by atoms with E-state index in [-0.39, 0.29) is 5.91 Å². The molecule has 2 aromatic rings. The Labute approximate surface area is 160 Å². The molecule has 1 aromatic heterocycles. The molecule has 10 heteroatoms. The number of rotatable bonds is 3. The molecule has 2 amide bonds. The van der Waals surface area contributed by atoms with Gasteiger partial charge in [-0.05, 0) is 37.1 Å². The number of amides is 2. The van der Waals surface area contributed by atoms with Gasteiger partial charge in [-0.25, -0.2) is 4.98 Å². The molecule has 1 aromatic carbocycles. The van der Waals surface area contributed by atoms with Gasteiger partial charge in [0, 0.05) is 16.7 Å². The lowest BCUT2D eigenvalue weighted by Crippen LogP contribution is -2.52. The van der Waals surface area contributed by atoms with Gasteiger partial charge in [0.05, 0.1) is 12.4 Å². The van der Waals surface area contributed by atoms with Crippen LogP contribution in [-0.4, -0.2) is 34.4 Å². The van der Waals surface area contributed by atoms with E-state index >= 15 is 0 Å². The van der Waals surface area contributed by atoms with E-state index in [1.807, 2.05) is 0 Å². The molecule has 0 radical (unpaired) electrons. The van der Waals surface area contributed by atoms with Crippen LogP contribution in [0.2, 0.25) is 0 Å². The van der Waals surface area contributed by atoms with Crippen LogP contribution in [0.3, 0.4) is 0 Å². The van der Waals surface area contributed by atoms with Gasteiger partial charge in [-0.1, -0.05) is 15.9 Å². The molecular weight excluding hydrogens is 429 g/mol. The second-order valence-corrected chi connectivity index (χ2v) is 6.84. The third-order valence-corrected chi connectivity index (χ3v) is 4.57. The molecule has 0 saturated carbocycles. The largest absolute Gasteiger partial charge is 0.434 e. The first kappa shape index (κ1) is 19.3. The van der Waals surface area contributed by atoms with Gasteiger partial charge < -0.3 is 10.2 Å². The number of carbonyl (C=O) groups is 2. The molecule has 1 saturated heterocycles. The summed E-state index contributed by atoms with van der Waals surface area (Å²) in [5.41, 5.74) is -1.07. The first-order chi connectivity index (χ1) is 12.8. The van der Waals surface area contributed by atoms with Gasteiger partial charge in [-0.3, -0.25) is 14.6 Å². The standard InChI is InChI=1S/C17H14BrF3N4O2/c18-10-3-5-11(6-4-10)25-7-1-2-12(16(25)27)24-15(26)13-8-22-9-14(23-13)17(19,20)21/h3-6,8-9,12H,1-2,7H2,(H,24,26). The number of nitrogens with zero attached hydrogens (tertiary/aromatic N) is 3. The van der Waals surface area contributed by atoms with Gasteiger partial charge in [0.15, 0.2) is 5.69 Å². The zero-order valence-electron chi connectivity index (χ0n) is 13.8. The Morgan fingerprint density at radius 3 is 2.59 bits per heavy atom. The van der Waals surface area contributed by atoms with E-state index in [1.165, 1.54) is 0 Å². The molecule has 1 fully saturated rings. The molecule has 2 heterocycles. The van der Waals surface area contributed by atoms with Crippen molar-refractivity contribution in [2.45, 2.75) is 25.1 Å². The maximum Gasteiger partial charge on any atom is 0.434 e. The van der Waals surface area contributed by atoms with Crippen molar-refractivity contribution < 1.29 is 22.8 Å². The van der Waals surface area contributed by atoms with Crippen LogP contribution in [0.1, 0.15) is 29.0 Å². The Bertz CT molecular complexity index is 858. The normalized spacial score (nSPS) is 17.7. The molecule has 1 unspecified atom stereocenters. The van der Waals surface area contributed by atoms with E-state index < -0.39 is 29.5 Å². The second-order valence-electron chi connectivity index (χ2n) is 5.92. The third-order valence-electron chi connectivity index (χ3n) is 4.04. The summed E-state index contributed by atoms with van der Waals surface area (Å²) in [6.07, 6.45) is -2.20. The van der Waals surface area contributed by atoms with Crippen molar-refractivity contribution in [2.24, 2.45) is 0 Å². The van der Waals surface area contributed by atoms with Crippen molar-refractivity contribution in [1.29, 1.82) is 0 Å². The third kappa shape index (κ3) is 4.44. The van der Waals surface area contributed by atoms with Crippen LogP contribution in [0.4, 0.5) is 18.9 Å². The Morgan fingerprint density at radius 1 is 1.22 bits per heavy atom. The van der Waals surface area contributed by atoms with Crippen LogP contribution < -0.4 is 10.2 Å². The number of hydrogen-bond acceptors (Lipinski definition) is 4. The molecule has 27 heavy (non-hydrogen) atoms. The molecule has 142 valence electrons. The summed E-state index contributed by atoms with van der Waals surface area (Å²) in [6, 6.07) is 6.28. The van der Waals surface area contributed by atoms with Crippen LogP contribution in [0, 0.1) is 0 Å². The summed E-state index contributed by atoms with van der Waals surface area (Å²) in [5.74, 6) is -1.19. The summed E-state index contributed by atoms with van der Waals surface area (Å²) in [6.45, 7) is 0.496. The number of benzene rings is 1. The number of piperidine rings is 1. The number of nitrogens with one attached hydrogen (secondary N) is 1. The van der Waals surface area contributed by atoms with Gasteiger partial charge in [-0.15, -0.1) is 0 Å². The molecule has 1 atom stereocenters. The SMILES string of the molecule is O=C(NC1CCCN(c2ccc(Br)cc2)C1=O)c1cncc(C(F)(F)F)n1. The van der Waals surface area contributed by atoms with Gasteiger partial charge in [0.25, 0.3) is 5.91 Å². The second kappa shape index (κ2) is 7.63. The highest BCUT2D eigenvalue weighted by atomic mass is 79.9. The van der Waals surface area contributed by atoms with Gasteiger partial charge >= 0.3 is 6.18 Å². The maximum atomic E-state index is 12.7. The van der Waals surface area contributed by atoms with Gasteiger partial charge in [0.1, 0.15) is 11.7 Å². The number of anilines is 1. The van der Waals surface area contributed by atoms with Crippen molar-refractivity contribution >= 4 is 33.4 Å². The average Bonchev–Trinajstić information content (AvgIpc) is 2.64. The van der Waals surface area contributed by atoms with Crippen molar-refractivity contribution in [3.05, 3.63) is 52.5 Å². The van der Waals surface area contributed by atoms with Crippen molar-refractivity contribution in [1.82, 2.24) is 15.3 Å². The van der Waals surface area contributed by atoms with Crippen molar-refractivity contribution in [3.8, 4) is 0 Å². The zero-order chi connectivity index (χ0) is 19.6. The van der Waals surface area contributed by atoms with E-state index in [1.54, 1.807) is 29.2 Å². The smallest absolute Gasteiger partial charge is 0.339 e. The first-order valence-corrected chi connectivity index (χ1v) is 8.82. The molecule has 1 aliphatic rings. The molecule has 6 nitrogen and oxygen atoms in total. The van der Waals surface area contributed by atoms with Crippen LogP contribution in [-0.2, 0) is 11.0 Å². The molecule has 0 bridgehead atoms. The molecule has 3 rings (SSSR count). The minimum Gasteiger partial charge on any atom is -0.339 e. The molecular formula is C17H14BrF3N4O2. The van der Waals surface area contributed by atoms with Crippen molar-refractivity contribution in [3.63, 3.8) is 0 Å². The fourth-order valence-electron chi connectivity index (χ4n) is 2.73. The maximum absolute atomic E-state index is 12.7. The Hall–Kier alpha value is -2.49. The molecule has 0 aliphatic carbocycles. The summed E-state index contributed by atoms with van der Waals surface area (Å²) in [7, 11) is 0. The van der Waals surface area contributed by atoms with E-state index in [2.05, 4.69) is 31.2 Å². The molecule has 1 aliphatic heterocycles. The minimum absolute atomic E-state index is 0.322. The number of halogens is 4. The summed E-state index contributed by atoms with van der Waals surface area (Å²) >= 11 is 3.32. The number of carbonyl (C=O) groups excluding carboxylic acids is 2. The fraction of sp³-hybridized carbons (Fsp3) is 0.294. The predicted molar refractivity (Wildman–Crippen MR) is 94.0 cm³/mol. The zero-order valence-corrected chi connectivity index (χ0v) is 15.4. The lowest BCUT2D eigenvalue weighted by molar-refractivity contribution is -0.141.